The normalized spacial score (nSPS) is 11.5. The van der Waals surface area contributed by atoms with E-state index in [1.54, 1.807) is 27.7 Å². The number of amides is 1. The number of aromatic nitrogens is 1. The predicted octanol–water partition coefficient (Wildman–Crippen LogP) is 2.78. The second kappa shape index (κ2) is 6.97. The lowest BCUT2D eigenvalue weighted by Gasteiger charge is -2.18. The Morgan fingerprint density at radius 3 is 2.62 bits per heavy atom. The van der Waals surface area contributed by atoms with Gasteiger partial charge in [0.2, 0.25) is 11.9 Å². The molecule has 0 saturated heterocycles. The van der Waals surface area contributed by atoms with Crippen molar-refractivity contribution in [2.24, 2.45) is 5.41 Å². The van der Waals surface area contributed by atoms with Crippen LogP contribution in [0.15, 0.2) is 18.2 Å². The van der Waals surface area contributed by atoms with E-state index in [0.717, 1.165) is 6.07 Å². The van der Waals surface area contributed by atoms with Crippen LogP contribution in [0.4, 0.5) is 10.2 Å². The molecular formula is C15H19FN2O3. The molecule has 0 aromatic carbocycles. The standard InChI is InChI=1S/C15H19FN2O3/c1-5-21-12(19)9-7-10-6-8-11(16)17-13(10)18-14(20)15(2,3)4/h6-9H,5H2,1-4H3,(H,17,18,20)/b9-7+. The van der Waals surface area contributed by atoms with Crippen molar-refractivity contribution in [3.8, 4) is 0 Å². The Hall–Kier alpha value is -2.24. The van der Waals surface area contributed by atoms with Crippen LogP contribution in [0.25, 0.3) is 6.08 Å². The second-order valence-electron chi connectivity index (χ2n) is 5.36. The molecular weight excluding hydrogens is 275 g/mol. The minimum Gasteiger partial charge on any atom is -0.463 e. The van der Waals surface area contributed by atoms with Crippen LogP contribution >= 0.6 is 0 Å². The van der Waals surface area contributed by atoms with E-state index in [-0.39, 0.29) is 18.3 Å². The predicted molar refractivity (Wildman–Crippen MR) is 77.9 cm³/mol. The SMILES string of the molecule is CCOC(=O)/C=C/c1ccc(F)nc1NC(=O)C(C)(C)C. The van der Waals surface area contributed by atoms with Crippen molar-refractivity contribution in [3.05, 3.63) is 29.7 Å². The molecule has 0 aliphatic rings. The van der Waals surface area contributed by atoms with Gasteiger partial charge in [-0.25, -0.2) is 9.78 Å². The number of hydrogen-bond acceptors (Lipinski definition) is 4. The lowest BCUT2D eigenvalue weighted by Crippen LogP contribution is -2.28. The molecule has 1 aromatic rings. The molecule has 0 atom stereocenters. The number of nitrogens with zero attached hydrogens (tertiary/aromatic N) is 1. The Morgan fingerprint density at radius 1 is 1.38 bits per heavy atom. The molecule has 1 rings (SSSR count). The van der Waals surface area contributed by atoms with Crippen LogP contribution in [0.5, 0.6) is 0 Å². The molecule has 0 radical (unpaired) electrons. The molecule has 0 bridgehead atoms. The van der Waals surface area contributed by atoms with Gasteiger partial charge in [0.05, 0.1) is 6.61 Å². The number of rotatable bonds is 4. The maximum Gasteiger partial charge on any atom is 0.330 e. The summed E-state index contributed by atoms with van der Waals surface area (Å²) in [4.78, 5) is 26.9. The van der Waals surface area contributed by atoms with Crippen molar-refractivity contribution in [2.45, 2.75) is 27.7 Å². The van der Waals surface area contributed by atoms with Gasteiger partial charge in [0, 0.05) is 17.1 Å². The number of nitrogens with one attached hydrogen (secondary N) is 1. The smallest absolute Gasteiger partial charge is 0.330 e. The van der Waals surface area contributed by atoms with Gasteiger partial charge >= 0.3 is 5.97 Å². The fraction of sp³-hybridized carbons (Fsp3) is 0.400. The summed E-state index contributed by atoms with van der Waals surface area (Å²) in [6.07, 6.45) is 2.62. The Kier molecular flexibility index (Phi) is 5.58. The third kappa shape index (κ3) is 5.33. The van der Waals surface area contributed by atoms with Gasteiger partial charge in [-0.05, 0) is 25.1 Å². The monoisotopic (exact) mass is 294 g/mol. The van der Waals surface area contributed by atoms with Crippen LogP contribution in [0.3, 0.4) is 0 Å². The van der Waals surface area contributed by atoms with Crippen LogP contribution in [0.2, 0.25) is 0 Å². The van der Waals surface area contributed by atoms with Gasteiger partial charge < -0.3 is 10.1 Å². The summed E-state index contributed by atoms with van der Waals surface area (Å²) in [7, 11) is 0. The van der Waals surface area contributed by atoms with Crippen molar-refractivity contribution in [1.82, 2.24) is 4.98 Å². The van der Waals surface area contributed by atoms with Gasteiger partial charge in [-0.15, -0.1) is 0 Å². The largest absolute Gasteiger partial charge is 0.463 e. The maximum atomic E-state index is 13.2. The molecule has 0 saturated carbocycles. The first-order valence-corrected chi connectivity index (χ1v) is 6.57. The summed E-state index contributed by atoms with van der Waals surface area (Å²) in [6, 6.07) is 2.58. The van der Waals surface area contributed by atoms with Crippen LogP contribution in [0.1, 0.15) is 33.3 Å². The van der Waals surface area contributed by atoms with Gasteiger partial charge in [0.15, 0.2) is 0 Å². The second-order valence-corrected chi connectivity index (χ2v) is 5.36. The average Bonchev–Trinajstić information content (AvgIpc) is 2.37. The number of carbonyl (C=O) groups is 2. The van der Waals surface area contributed by atoms with Gasteiger partial charge in [-0.2, -0.15) is 4.39 Å². The van der Waals surface area contributed by atoms with Crippen LogP contribution in [-0.2, 0) is 14.3 Å². The Morgan fingerprint density at radius 2 is 2.05 bits per heavy atom. The Bertz CT molecular complexity index is 563. The summed E-state index contributed by atoms with van der Waals surface area (Å²) in [5, 5.41) is 2.55. The van der Waals surface area contributed by atoms with Crippen molar-refractivity contribution in [3.63, 3.8) is 0 Å². The van der Waals surface area contributed by atoms with E-state index in [2.05, 4.69) is 10.3 Å². The zero-order valence-corrected chi connectivity index (χ0v) is 12.6. The molecule has 21 heavy (non-hydrogen) atoms. The molecule has 1 N–H and O–H groups in total. The topological polar surface area (TPSA) is 68.3 Å². The van der Waals surface area contributed by atoms with Crippen molar-refractivity contribution >= 4 is 23.8 Å². The highest BCUT2D eigenvalue weighted by Crippen LogP contribution is 2.20. The summed E-state index contributed by atoms with van der Waals surface area (Å²) >= 11 is 0. The molecule has 114 valence electrons. The third-order valence-electron chi connectivity index (χ3n) is 2.49. The number of esters is 1. The molecule has 0 aliphatic carbocycles. The third-order valence-corrected chi connectivity index (χ3v) is 2.49. The molecule has 1 heterocycles. The first kappa shape index (κ1) is 16.8. The molecule has 0 aliphatic heterocycles. The van der Waals surface area contributed by atoms with Crippen LogP contribution < -0.4 is 5.32 Å². The van der Waals surface area contributed by atoms with Crippen molar-refractivity contribution in [2.75, 3.05) is 11.9 Å². The fourth-order valence-corrected chi connectivity index (χ4v) is 1.32. The molecule has 0 spiro atoms. The first-order valence-electron chi connectivity index (χ1n) is 6.57. The van der Waals surface area contributed by atoms with Gasteiger partial charge in [-0.1, -0.05) is 20.8 Å². The number of pyridine rings is 1. The van der Waals surface area contributed by atoms with Crippen LogP contribution in [-0.4, -0.2) is 23.5 Å². The number of anilines is 1. The number of hydrogen-bond donors (Lipinski definition) is 1. The Labute approximate surface area is 123 Å². The van der Waals surface area contributed by atoms with E-state index in [4.69, 9.17) is 4.74 Å². The van der Waals surface area contributed by atoms with E-state index in [9.17, 15) is 14.0 Å². The lowest BCUT2D eigenvalue weighted by atomic mass is 9.95. The highest BCUT2D eigenvalue weighted by atomic mass is 19.1. The van der Waals surface area contributed by atoms with E-state index < -0.39 is 17.3 Å². The van der Waals surface area contributed by atoms with E-state index >= 15 is 0 Å². The summed E-state index contributed by atoms with van der Waals surface area (Å²) < 4.78 is 18.0. The number of halogens is 1. The quantitative estimate of drug-likeness (QED) is 0.527. The van der Waals surface area contributed by atoms with Gasteiger partial charge in [-0.3, -0.25) is 4.79 Å². The summed E-state index contributed by atoms with van der Waals surface area (Å²) in [6.45, 7) is 7.15. The van der Waals surface area contributed by atoms with Gasteiger partial charge in [0.25, 0.3) is 0 Å². The summed E-state index contributed by atoms with van der Waals surface area (Å²) in [5.74, 6) is -1.47. The van der Waals surface area contributed by atoms with Crippen molar-refractivity contribution in [1.29, 1.82) is 0 Å². The average molecular weight is 294 g/mol. The molecule has 1 amide bonds. The molecule has 5 nitrogen and oxygen atoms in total. The Balaban J connectivity index is 3.00. The van der Waals surface area contributed by atoms with E-state index in [1.165, 1.54) is 18.2 Å². The highest BCUT2D eigenvalue weighted by molar-refractivity contribution is 5.96. The maximum absolute atomic E-state index is 13.2. The van der Waals surface area contributed by atoms with E-state index in [0.29, 0.717) is 5.56 Å². The molecule has 0 fully saturated rings. The number of carbonyl (C=O) groups excluding carboxylic acids is 2. The first-order chi connectivity index (χ1) is 9.74. The van der Waals surface area contributed by atoms with Crippen LogP contribution in [0, 0.1) is 11.4 Å². The lowest BCUT2D eigenvalue weighted by molar-refractivity contribution is -0.137. The minimum absolute atomic E-state index is 0.0653. The summed E-state index contributed by atoms with van der Waals surface area (Å²) in [5.41, 5.74) is -0.224. The molecule has 1 aromatic heterocycles. The van der Waals surface area contributed by atoms with Gasteiger partial charge in [0.1, 0.15) is 5.82 Å². The zero-order chi connectivity index (χ0) is 16.0. The highest BCUT2D eigenvalue weighted by Gasteiger charge is 2.22. The fourth-order valence-electron chi connectivity index (χ4n) is 1.32. The minimum atomic E-state index is -0.715. The number of ether oxygens (including phenoxy) is 1. The van der Waals surface area contributed by atoms with Crippen molar-refractivity contribution < 1.29 is 18.7 Å². The molecule has 6 heteroatoms. The zero-order valence-electron chi connectivity index (χ0n) is 12.6. The molecule has 0 unspecified atom stereocenters. The van der Waals surface area contributed by atoms with E-state index in [1.807, 2.05) is 0 Å².